The number of rotatable bonds is 4. The molecule has 0 saturated heterocycles. The molecule has 2 rings (SSSR count). The van der Waals surface area contributed by atoms with Gasteiger partial charge in [0.2, 0.25) is 0 Å². The maximum atomic E-state index is 8.95. The lowest BCUT2D eigenvalue weighted by Gasteiger charge is -2.29. The number of hydrogen-bond acceptors (Lipinski definition) is 3. The molecule has 2 atom stereocenters. The number of nitrogens with one attached hydrogen (secondary N) is 1. The smallest absolute Gasteiger partial charge is 0.0445 e. The van der Waals surface area contributed by atoms with Crippen molar-refractivity contribution < 1.29 is 5.11 Å². The van der Waals surface area contributed by atoms with E-state index in [9.17, 15) is 0 Å². The van der Waals surface area contributed by atoms with Gasteiger partial charge >= 0.3 is 0 Å². The van der Waals surface area contributed by atoms with Crippen LogP contribution >= 0.6 is 27.7 Å². The second-order valence-electron chi connectivity index (χ2n) is 4.45. The highest BCUT2D eigenvalue weighted by Gasteiger charge is 2.21. The molecular formula is C13H18BrNOS. The Morgan fingerprint density at radius 1 is 1.59 bits per heavy atom. The summed E-state index contributed by atoms with van der Waals surface area (Å²) in [6, 6.07) is 7.29. The highest BCUT2D eigenvalue weighted by Crippen LogP contribution is 2.37. The van der Waals surface area contributed by atoms with Gasteiger partial charge in [-0.15, -0.1) is 11.8 Å². The van der Waals surface area contributed by atoms with E-state index >= 15 is 0 Å². The first-order valence-corrected chi connectivity index (χ1v) is 7.77. The van der Waals surface area contributed by atoms with Crippen LogP contribution in [0, 0.1) is 0 Å². The zero-order valence-electron chi connectivity index (χ0n) is 9.95. The molecular weight excluding hydrogens is 298 g/mol. The fraction of sp³-hybridized carbons (Fsp3) is 0.538. The Morgan fingerprint density at radius 2 is 2.41 bits per heavy atom. The third-order valence-electron chi connectivity index (χ3n) is 3.06. The van der Waals surface area contributed by atoms with E-state index in [1.807, 2.05) is 11.8 Å². The van der Waals surface area contributed by atoms with Crippen LogP contribution < -0.4 is 5.32 Å². The van der Waals surface area contributed by atoms with Crippen molar-refractivity contribution in [2.24, 2.45) is 0 Å². The van der Waals surface area contributed by atoms with E-state index in [1.165, 1.54) is 10.5 Å². The van der Waals surface area contributed by atoms with Crippen LogP contribution in [-0.2, 0) is 0 Å². The summed E-state index contributed by atoms with van der Waals surface area (Å²) in [5.41, 5.74) is 1.39. The molecule has 4 heteroatoms. The van der Waals surface area contributed by atoms with Gasteiger partial charge in [-0.2, -0.15) is 0 Å². The Labute approximate surface area is 115 Å². The van der Waals surface area contributed by atoms with Gasteiger partial charge < -0.3 is 10.4 Å². The van der Waals surface area contributed by atoms with Crippen molar-refractivity contribution in [1.82, 2.24) is 5.32 Å². The number of thioether (sulfide) groups is 1. The summed E-state index contributed by atoms with van der Waals surface area (Å²) in [5, 5.41) is 12.6. The van der Waals surface area contributed by atoms with Gasteiger partial charge in [0.15, 0.2) is 0 Å². The highest BCUT2D eigenvalue weighted by atomic mass is 79.9. The minimum Gasteiger partial charge on any atom is -0.396 e. The normalized spacial score (nSPS) is 21.0. The molecule has 1 unspecified atom stereocenters. The molecule has 0 bridgehead atoms. The van der Waals surface area contributed by atoms with E-state index in [0.717, 1.165) is 23.1 Å². The molecule has 0 fully saturated rings. The monoisotopic (exact) mass is 315 g/mol. The molecule has 2 N–H and O–H groups in total. The summed E-state index contributed by atoms with van der Waals surface area (Å²) in [5.74, 6) is 1.16. The molecule has 0 aliphatic carbocycles. The van der Waals surface area contributed by atoms with Gasteiger partial charge in [0.05, 0.1) is 0 Å². The zero-order valence-corrected chi connectivity index (χ0v) is 12.4. The summed E-state index contributed by atoms with van der Waals surface area (Å²) in [7, 11) is 0. The van der Waals surface area contributed by atoms with Gasteiger partial charge in [-0.25, -0.2) is 0 Å². The van der Waals surface area contributed by atoms with Gasteiger partial charge in [-0.05, 0) is 49.3 Å². The zero-order chi connectivity index (χ0) is 12.3. The largest absolute Gasteiger partial charge is 0.396 e. The SMILES string of the molecule is C[C@H](CCO)NC1CCSc2ccc(Br)cc21. The van der Waals surface area contributed by atoms with Crippen LogP contribution in [-0.4, -0.2) is 23.5 Å². The lowest BCUT2D eigenvalue weighted by molar-refractivity contribution is 0.262. The lowest BCUT2D eigenvalue weighted by Crippen LogP contribution is -2.33. The molecule has 1 aliphatic heterocycles. The third-order valence-corrected chi connectivity index (χ3v) is 4.68. The van der Waals surface area contributed by atoms with Gasteiger partial charge in [-0.3, -0.25) is 0 Å². The molecule has 0 spiro atoms. The van der Waals surface area contributed by atoms with Crippen molar-refractivity contribution in [1.29, 1.82) is 0 Å². The molecule has 0 amide bonds. The van der Waals surface area contributed by atoms with Gasteiger partial charge in [0.1, 0.15) is 0 Å². The number of fused-ring (bicyclic) bond motifs is 1. The Balaban J connectivity index is 2.13. The fourth-order valence-corrected chi connectivity index (χ4v) is 3.64. The van der Waals surface area contributed by atoms with E-state index in [4.69, 9.17) is 5.11 Å². The van der Waals surface area contributed by atoms with Crippen molar-refractivity contribution in [3.63, 3.8) is 0 Å². The van der Waals surface area contributed by atoms with Crippen LogP contribution in [0.25, 0.3) is 0 Å². The predicted molar refractivity (Wildman–Crippen MR) is 76.5 cm³/mol. The fourth-order valence-electron chi connectivity index (χ4n) is 2.16. The van der Waals surface area contributed by atoms with Crippen LogP contribution in [0.5, 0.6) is 0 Å². The standard InChI is InChI=1S/C13H18BrNOS/c1-9(4-6-16)15-12-5-7-17-13-3-2-10(14)8-11(12)13/h2-3,8-9,12,15-16H,4-7H2,1H3/t9-,12?/m1/s1. The molecule has 0 aromatic heterocycles. The first-order chi connectivity index (χ1) is 8.20. The van der Waals surface area contributed by atoms with Crippen molar-refractivity contribution in [2.75, 3.05) is 12.4 Å². The summed E-state index contributed by atoms with van der Waals surface area (Å²) in [6.07, 6.45) is 1.97. The van der Waals surface area contributed by atoms with Crippen molar-refractivity contribution in [3.05, 3.63) is 28.2 Å². The van der Waals surface area contributed by atoms with Crippen molar-refractivity contribution in [2.45, 2.75) is 36.7 Å². The average molecular weight is 316 g/mol. The van der Waals surface area contributed by atoms with Gasteiger partial charge in [0, 0.05) is 28.1 Å². The molecule has 0 saturated carbocycles. The molecule has 1 heterocycles. The van der Waals surface area contributed by atoms with E-state index in [2.05, 4.69) is 46.4 Å². The maximum Gasteiger partial charge on any atom is 0.0445 e. The molecule has 2 nitrogen and oxygen atoms in total. The van der Waals surface area contributed by atoms with Crippen LogP contribution in [0.15, 0.2) is 27.6 Å². The van der Waals surface area contributed by atoms with Crippen LogP contribution in [0.2, 0.25) is 0 Å². The maximum absolute atomic E-state index is 8.95. The topological polar surface area (TPSA) is 32.3 Å². The van der Waals surface area contributed by atoms with E-state index in [-0.39, 0.29) is 6.61 Å². The second-order valence-corrected chi connectivity index (χ2v) is 6.50. The number of aliphatic hydroxyl groups is 1. The van der Waals surface area contributed by atoms with E-state index in [1.54, 1.807) is 0 Å². The summed E-state index contributed by atoms with van der Waals surface area (Å²) in [4.78, 5) is 1.38. The molecule has 1 aromatic rings. The lowest BCUT2D eigenvalue weighted by atomic mass is 10.0. The summed E-state index contributed by atoms with van der Waals surface area (Å²) >= 11 is 5.47. The Bertz CT molecular complexity index is 386. The van der Waals surface area contributed by atoms with Crippen LogP contribution in [0.1, 0.15) is 31.4 Å². The van der Waals surface area contributed by atoms with E-state index in [0.29, 0.717) is 12.1 Å². The highest BCUT2D eigenvalue weighted by molar-refractivity contribution is 9.10. The second kappa shape index (κ2) is 6.23. The Morgan fingerprint density at radius 3 is 3.18 bits per heavy atom. The number of halogens is 1. The Kier molecular flexibility index (Phi) is 4.91. The molecule has 94 valence electrons. The van der Waals surface area contributed by atoms with Crippen LogP contribution in [0.3, 0.4) is 0 Å². The molecule has 1 aromatic carbocycles. The minimum atomic E-state index is 0.251. The minimum absolute atomic E-state index is 0.251. The number of aliphatic hydroxyl groups excluding tert-OH is 1. The molecule has 17 heavy (non-hydrogen) atoms. The third kappa shape index (κ3) is 3.47. The number of benzene rings is 1. The predicted octanol–water partition coefficient (Wildman–Crippen LogP) is 3.35. The summed E-state index contributed by atoms with van der Waals surface area (Å²) < 4.78 is 1.14. The van der Waals surface area contributed by atoms with Gasteiger partial charge in [0.25, 0.3) is 0 Å². The Hall–Kier alpha value is -0.0300. The first kappa shape index (κ1) is 13.4. The summed E-state index contributed by atoms with van der Waals surface area (Å²) in [6.45, 7) is 2.39. The quantitative estimate of drug-likeness (QED) is 0.893. The van der Waals surface area contributed by atoms with Gasteiger partial charge in [-0.1, -0.05) is 15.9 Å². The van der Waals surface area contributed by atoms with E-state index < -0.39 is 0 Å². The number of hydrogen-bond donors (Lipinski definition) is 2. The molecule has 1 aliphatic rings. The van der Waals surface area contributed by atoms with Crippen molar-refractivity contribution in [3.8, 4) is 0 Å². The van der Waals surface area contributed by atoms with Crippen molar-refractivity contribution >= 4 is 27.7 Å². The average Bonchev–Trinajstić information content (AvgIpc) is 2.30. The molecule has 0 radical (unpaired) electrons. The van der Waals surface area contributed by atoms with Crippen LogP contribution in [0.4, 0.5) is 0 Å². The first-order valence-electron chi connectivity index (χ1n) is 6.00.